The zero-order valence-electron chi connectivity index (χ0n) is 24.5. The number of anilines is 1. The molecule has 3 rings (SSSR count). The molecule has 1 N–H and O–H groups in total. The molecule has 0 saturated heterocycles. The molecule has 0 aliphatic heterocycles. The molecular weight excluding hydrogens is 582 g/mol. The molecule has 10 nitrogen and oxygen atoms in total. The number of methoxy groups -OCH3 is 3. The third-order valence-corrected chi connectivity index (χ3v) is 8.73. The van der Waals surface area contributed by atoms with E-state index >= 15 is 0 Å². The van der Waals surface area contributed by atoms with Crippen LogP contribution in [0.3, 0.4) is 0 Å². The number of hydrogen-bond acceptors (Lipinski definition) is 7. The van der Waals surface area contributed by atoms with Crippen molar-refractivity contribution in [1.29, 1.82) is 0 Å². The standard InChI is InChI=1S/C30H36ClN3O7S/c1-7-24(30(36)32-3)33(18-21-10-8-20(2)9-11-21)29(35)19-34(25-16-22(31)12-14-26(25)39-4)42(37,38)23-13-15-27(40-5)28(17-23)41-6/h8-17,24H,7,18-19H2,1-6H3,(H,32,36)/t24-/m0/s1. The Hall–Kier alpha value is -3.96. The maximum atomic E-state index is 14.2. The Morgan fingerprint density at radius 3 is 2.10 bits per heavy atom. The normalized spacial score (nSPS) is 11.8. The lowest BCUT2D eigenvalue weighted by Gasteiger charge is -2.33. The summed E-state index contributed by atoms with van der Waals surface area (Å²) in [6, 6.07) is 15.3. The van der Waals surface area contributed by atoms with E-state index in [1.54, 1.807) is 13.0 Å². The Morgan fingerprint density at radius 1 is 0.905 bits per heavy atom. The van der Waals surface area contributed by atoms with Gasteiger partial charge >= 0.3 is 0 Å². The van der Waals surface area contributed by atoms with Crippen LogP contribution in [0.15, 0.2) is 65.6 Å². The van der Waals surface area contributed by atoms with Gasteiger partial charge in [0.25, 0.3) is 10.0 Å². The van der Waals surface area contributed by atoms with E-state index in [0.29, 0.717) is 12.2 Å². The molecule has 0 heterocycles. The number of ether oxygens (including phenoxy) is 3. The highest BCUT2D eigenvalue weighted by atomic mass is 35.5. The second kappa shape index (κ2) is 14.3. The lowest BCUT2D eigenvalue weighted by Crippen LogP contribution is -2.51. The van der Waals surface area contributed by atoms with E-state index in [1.807, 2.05) is 31.2 Å². The molecular formula is C30H36ClN3O7S. The Labute approximate surface area is 252 Å². The maximum Gasteiger partial charge on any atom is 0.265 e. The van der Waals surface area contributed by atoms with Gasteiger partial charge in [-0.25, -0.2) is 8.42 Å². The van der Waals surface area contributed by atoms with Gasteiger partial charge in [0.05, 0.1) is 31.9 Å². The molecule has 0 aromatic heterocycles. The number of carbonyl (C=O) groups is 2. The van der Waals surface area contributed by atoms with Crippen LogP contribution in [0.4, 0.5) is 5.69 Å². The smallest absolute Gasteiger partial charge is 0.265 e. The van der Waals surface area contributed by atoms with Gasteiger partial charge in [0.15, 0.2) is 11.5 Å². The first kappa shape index (κ1) is 32.6. The van der Waals surface area contributed by atoms with E-state index in [1.165, 1.54) is 63.6 Å². The number of likely N-dealkylation sites (N-methyl/N-ethyl adjacent to an activating group) is 1. The molecule has 12 heteroatoms. The van der Waals surface area contributed by atoms with E-state index in [0.717, 1.165) is 15.4 Å². The van der Waals surface area contributed by atoms with Crippen LogP contribution in [0.1, 0.15) is 24.5 Å². The van der Waals surface area contributed by atoms with Crippen molar-refractivity contribution in [1.82, 2.24) is 10.2 Å². The van der Waals surface area contributed by atoms with Gasteiger partial charge in [0, 0.05) is 24.7 Å². The zero-order chi connectivity index (χ0) is 31.0. The molecule has 0 fully saturated rings. The van der Waals surface area contributed by atoms with Crippen molar-refractivity contribution in [3.05, 3.63) is 76.8 Å². The topological polar surface area (TPSA) is 114 Å². The average molecular weight is 618 g/mol. The first-order chi connectivity index (χ1) is 20.0. The average Bonchev–Trinajstić information content (AvgIpc) is 2.99. The van der Waals surface area contributed by atoms with Crippen LogP contribution in [-0.4, -0.2) is 66.1 Å². The van der Waals surface area contributed by atoms with Gasteiger partial charge in [-0.3, -0.25) is 13.9 Å². The van der Waals surface area contributed by atoms with Crippen LogP contribution in [0.2, 0.25) is 5.02 Å². The molecule has 1 atom stereocenters. The molecule has 226 valence electrons. The molecule has 2 amide bonds. The molecule has 0 bridgehead atoms. The first-order valence-corrected chi connectivity index (χ1v) is 15.0. The lowest BCUT2D eigenvalue weighted by molar-refractivity contribution is -0.140. The highest BCUT2D eigenvalue weighted by molar-refractivity contribution is 7.92. The highest BCUT2D eigenvalue weighted by Crippen LogP contribution is 2.37. The molecule has 0 aliphatic rings. The largest absolute Gasteiger partial charge is 0.495 e. The molecule has 3 aromatic carbocycles. The van der Waals surface area contributed by atoms with Crippen LogP contribution in [0.25, 0.3) is 0 Å². The van der Waals surface area contributed by atoms with Crippen molar-refractivity contribution >= 4 is 39.1 Å². The fraction of sp³-hybridized carbons (Fsp3) is 0.333. The second-order valence-electron chi connectivity index (χ2n) is 9.39. The number of hydrogen-bond donors (Lipinski definition) is 1. The molecule has 0 saturated carbocycles. The third kappa shape index (κ3) is 7.27. The number of amides is 2. The number of aryl methyl sites for hydroxylation is 1. The minimum absolute atomic E-state index is 0.0522. The quantitative estimate of drug-likeness (QED) is 0.302. The number of rotatable bonds is 13. The van der Waals surface area contributed by atoms with Crippen molar-refractivity contribution < 1.29 is 32.2 Å². The van der Waals surface area contributed by atoms with Gasteiger partial charge in [-0.2, -0.15) is 0 Å². The van der Waals surface area contributed by atoms with Gasteiger partial charge in [0.2, 0.25) is 11.8 Å². The highest BCUT2D eigenvalue weighted by Gasteiger charge is 2.35. The number of nitrogens with one attached hydrogen (secondary N) is 1. The Kier molecular flexibility index (Phi) is 11.1. The van der Waals surface area contributed by atoms with E-state index in [-0.39, 0.29) is 39.6 Å². The van der Waals surface area contributed by atoms with Crippen molar-refractivity contribution in [3.8, 4) is 17.2 Å². The summed E-state index contributed by atoms with van der Waals surface area (Å²) in [6.45, 7) is 3.17. The minimum Gasteiger partial charge on any atom is -0.495 e. The summed E-state index contributed by atoms with van der Waals surface area (Å²) >= 11 is 6.29. The van der Waals surface area contributed by atoms with Gasteiger partial charge < -0.3 is 24.4 Å². The summed E-state index contributed by atoms with van der Waals surface area (Å²) in [4.78, 5) is 28.2. The van der Waals surface area contributed by atoms with Gasteiger partial charge in [-0.1, -0.05) is 48.4 Å². The summed E-state index contributed by atoms with van der Waals surface area (Å²) in [7, 11) is 1.29. The second-order valence-corrected chi connectivity index (χ2v) is 11.7. The number of halogens is 1. The fourth-order valence-electron chi connectivity index (χ4n) is 4.45. The third-order valence-electron chi connectivity index (χ3n) is 6.74. The van der Waals surface area contributed by atoms with Crippen LogP contribution in [0.5, 0.6) is 17.2 Å². The number of benzene rings is 3. The molecule has 0 unspecified atom stereocenters. The van der Waals surface area contributed by atoms with Crippen LogP contribution < -0.4 is 23.8 Å². The van der Waals surface area contributed by atoms with Crippen molar-refractivity contribution in [2.24, 2.45) is 0 Å². The molecule has 3 aromatic rings. The Balaban J connectivity index is 2.17. The van der Waals surface area contributed by atoms with Crippen LogP contribution >= 0.6 is 11.6 Å². The van der Waals surface area contributed by atoms with E-state index in [2.05, 4.69) is 5.32 Å². The van der Waals surface area contributed by atoms with E-state index in [4.69, 9.17) is 25.8 Å². The Morgan fingerprint density at radius 2 is 1.52 bits per heavy atom. The molecule has 42 heavy (non-hydrogen) atoms. The minimum atomic E-state index is -4.42. The summed E-state index contributed by atoms with van der Waals surface area (Å²) in [5.74, 6) is -0.265. The summed E-state index contributed by atoms with van der Waals surface area (Å²) in [5, 5.41) is 2.84. The molecule has 0 radical (unpaired) electrons. The number of carbonyl (C=O) groups excluding carboxylic acids is 2. The van der Waals surface area contributed by atoms with Crippen molar-refractivity contribution in [2.75, 3.05) is 39.2 Å². The van der Waals surface area contributed by atoms with E-state index < -0.39 is 28.5 Å². The van der Waals surface area contributed by atoms with Crippen molar-refractivity contribution in [3.63, 3.8) is 0 Å². The SMILES string of the molecule is CC[C@@H](C(=O)NC)N(Cc1ccc(C)cc1)C(=O)CN(c1cc(Cl)ccc1OC)S(=O)(=O)c1ccc(OC)c(OC)c1. The van der Waals surface area contributed by atoms with Gasteiger partial charge in [0.1, 0.15) is 18.3 Å². The van der Waals surface area contributed by atoms with Gasteiger partial charge in [-0.15, -0.1) is 0 Å². The zero-order valence-corrected chi connectivity index (χ0v) is 26.1. The van der Waals surface area contributed by atoms with Gasteiger partial charge in [-0.05, 0) is 49.2 Å². The predicted molar refractivity (Wildman–Crippen MR) is 162 cm³/mol. The lowest BCUT2D eigenvalue weighted by atomic mass is 10.1. The predicted octanol–water partition coefficient (Wildman–Crippen LogP) is 4.42. The first-order valence-electron chi connectivity index (χ1n) is 13.2. The summed E-state index contributed by atoms with van der Waals surface area (Å²) in [6.07, 6.45) is 0.306. The molecule has 0 aliphatic carbocycles. The van der Waals surface area contributed by atoms with Crippen LogP contribution in [0, 0.1) is 6.92 Å². The summed E-state index contributed by atoms with van der Waals surface area (Å²) < 4.78 is 45.5. The van der Waals surface area contributed by atoms with Crippen molar-refractivity contribution in [2.45, 2.75) is 37.8 Å². The molecule has 0 spiro atoms. The van der Waals surface area contributed by atoms with E-state index in [9.17, 15) is 18.0 Å². The summed E-state index contributed by atoms with van der Waals surface area (Å²) in [5.41, 5.74) is 1.87. The van der Waals surface area contributed by atoms with Crippen LogP contribution in [-0.2, 0) is 26.2 Å². The Bertz CT molecular complexity index is 1510. The maximum absolute atomic E-state index is 14.2. The number of nitrogens with zero attached hydrogens (tertiary/aromatic N) is 2. The number of sulfonamides is 1. The fourth-order valence-corrected chi connectivity index (χ4v) is 6.05. The monoisotopic (exact) mass is 617 g/mol.